The first-order valence-electron chi connectivity index (χ1n) is 9.17. The molecular weight excluding hydrogens is 338 g/mol. The van der Waals surface area contributed by atoms with Crippen molar-refractivity contribution in [2.75, 3.05) is 32.6 Å². The minimum absolute atomic E-state index is 0.566. The first-order valence-corrected chi connectivity index (χ1v) is 9.17. The molecule has 0 bridgehead atoms. The zero-order chi connectivity index (χ0) is 19.1. The van der Waals surface area contributed by atoms with Crippen LogP contribution in [0, 0.1) is 0 Å². The Bertz CT molecular complexity index is 881. The van der Waals surface area contributed by atoms with E-state index < -0.39 is 0 Å². The smallest absolute Gasteiger partial charge is 0.191 e. The summed E-state index contributed by atoms with van der Waals surface area (Å²) in [6.07, 6.45) is 4.03. The van der Waals surface area contributed by atoms with E-state index in [1.807, 2.05) is 28.8 Å². The second-order valence-corrected chi connectivity index (χ2v) is 6.56. The Balaban J connectivity index is 1.43. The molecule has 0 amide bonds. The number of aliphatic imine (C=N–C) groups is 1. The third kappa shape index (κ3) is 4.97. The number of aryl methyl sites for hydroxylation is 1. The van der Waals surface area contributed by atoms with Gasteiger partial charge in [-0.1, -0.05) is 18.2 Å². The summed E-state index contributed by atoms with van der Waals surface area (Å²) in [5.74, 6) is 1.63. The zero-order valence-electron chi connectivity index (χ0n) is 16.2. The molecule has 0 atom stereocenters. The summed E-state index contributed by atoms with van der Waals surface area (Å²) in [5.41, 5.74) is 3.42. The van der Waals surface area contributed by atoms with E-state index in [9.17, 15) is 0 Å². The lowest BCUT2D eigenvalue weighted by atomic mass is 10.1. The number of hydrogen-bond donors (Lipinski definition) is 2. The summed E-state index contributed by atoms with van der Waals surface area (Å²) in [7, 11) is 5.89. The average Bonchev–Trinajstić information content (AvgIpc) is 3.11. The second kappa shape index (κ2) is 9.02. The molecule has 0 aliphatic carbocycles. The third-order valence-electron chi connectivity index (χ3n) is 4.41. The number of anilines is 1. The first kappa shape index (κ1) is 18.7. The average molecular weight is 365 g/mol. The number of nitrogens with one attached hydrogen (secondary N) is 2. The van der Waals surface area contributed by atoms with Crippen molar-refractivity contribution in [1.82, 2.24) is 25.2 Å². The highest BCUT2D eigenvalue weighted by molar-refractivity contribution is 5.79. The summed E-state index contributed by atoms with van der Waals surface area (Å²) in [5, 5.41) is 15.0. The van der Waals surface area contributed by atoms with Crippen molar-refractivity contribution in [2.45, 2.75) is 19.4 Å². The molecule has 2 aromatic heterocycles. The fourth-order valence-electron chi connectivity index (χ4n) is 2.85. The van der Waals surface area contributed by atoms with Gasteiger partial charge in [-0.2, -0.15) is 0 Å². The van der Waals surface area contributed by atoms with Crippen LogP contribution in [0.25, 0.3) is 5.65 Å². The quantitative estimate of drug-likeness (QED) is 0.381. The fraction of sp³-hybridized carbons (Fsp3) is 0.350. The molecule has 0 unspecified atom stereocenters. The molecule has 2 N–H and O–H groups in total. The van der Waals surface area contributed by atoms with Crippen LogP contribution >= 0.6 is 0 Å². The van der Waals surface area contributed by atoms with Crippen molar-refractivity contribution >= 4 is 17.3 Å². The van der Waals surface area contributed by atoms with Gasteiger partial charge in [0.15, 0.2) is 17.4 Å². The molecule has 27 heavy (non-hydrogen) atoms. The SMILES string of the molecule is CN=C(NCCCc1ccc(N(C)C)cc1)NCc1nnc2ccccn12. The fourth-order valence-corrected chi connectivity index (χ4v) is 2.85. The summed E-state index contributed by atoms with van der Waals surface area (Å²) in [6, 6.07) is 14.6. The standard InChI is InChI=1S/C20H27N7/c1-21-20(23-15-19-25-24-18-8-4-5-14-27(18)19)22-13-6-7-16-9-11-17(12-10-16)26(2)3/h4-5,8-12,14H,6-7,13,15H2,1-3H3,(H2,21,22,23). The normalized spacial score (nSPS) is 11.6. The van der Waals surface area contributed by atoms with Gasteiger partial charge in [-0.05, 0) is 42.7 Å². The summed E-state index contributed by atoms with van der Waals surface area (Å²) in [4.78, 5) is 6.39. The highest BCUT2D eigenvalue weighted by Gasteiger charge is 2.05. The topological polar surface area (TPSA) is 69.8 Å². The Labute approximate surface area is 160 Å². The van der Waals surface area contributed by atoms with Crippen LogP contribution in [0.2, 0.25) is 0 Å². The van der Waals surface area contributed by atoms with E-state index in [4.69, 9.17) is 0 Å². The molecule has 7 heteroatoms. The molecule has 3 rings (SSSR count). The van der Waals surface area contributed by atoms with Crippen molar-refractivity contribution in [3.63, 3.8) is 0 Å². The van der Waals surface area contributed by atoms with E-state index in [-0.39, 0.29) is 0 Å². The molecule has 0 saturated carbocycles. The number of hydrogen-bond acceptors (Lipinski definition) is 4. The van der Waals surface area contributed by atoms with E-state index in [2.05, 4.69) is 69.1 Å². The Morgan fingerprint density at radius 3 is 2.63 bits per heavy atom. The Hall–Kier alpha value is -3.09. The maximum Gasteiger partial charge on any atom is 0.191 e. The second-order valence-electron chi connectivity index (χ2n) is 6.56. The predicted octanol–water partition coefficient (Wildman–Crippen LogP) is 2.09. The minimum Gasteiger partial charge on any atom is -0.378 e. The number of fused-ring (bicyclic) bond motifs is 1. The van der Waals surface area contributed by atoms with Gasteiger partial charge in [0.1, 0.15) is 0 Å². The molecule has 0 aliphatic rings. The highest BCUT2D eigenvalue weighted by Crippen LogP contribution is 2.13. The molecule has 0 aliphatic heterocycles. The molecular formula is C20H27N7. The Morgan fingerprint density at radius 2 is 1.89 bits per heavy atom. The minimum atomic E-state index is 0.566. The van der Waals surface area contributed by atoms with Crippen molar-refractivity contribution < 1.29 is 0 Å². The number of rotatable bonds is 7. The van der Waals surface area contributed by atoms with Crippen molar-refractivity contribution in [3.05, 3.63) is 60.0 Å². The van der Waals surface area contributed by atoms with Crippen molar-refractivity contribution in [2.24, 2.45) is 4.99 Å². The van der Waals surface area contributed by atoms with Crippen molar-refractivity contribution in [3.8, 4) is 0 Å². The van der Waals surface area contributed by atoms with Crippen molar-refractivity contribution in [1.29, 1.82) is 0 Å². The molecule has 2 heterocycles. The van der Waals surface area contributed by atoms with Crippen LogP contribution in [0.1, 0.15) is 17.8 Å². The lowest BCUT2D eigenvalue weighted by Crippen LogP contribution is -2.37. The lowest BCUT2D eigenvalue weighted by Gasteiger charge is -2.13. The van der Waals surface area contributed by atoms with Gasteiger partial charge in [0.2, 0.25) is 0 Å². The number of aromatic nitrogens is 3. The van der Waals surface area contributed by atoms with E-state index >= 15 is 0 Å². The first-order chi connectivity index (χ1) is 13.2. The maximum absolute atomic E-state index is 4.27. The molecule has 0 radical (unpaired) electrons. The van der Waals surface area contributed by atoms with Gasteiger partial charge >= 0.3 is 0 Å². The predicted molar refractivity (Wildman–Crippen MR) is 110 cm³/mol. The summed E-state index contributed by atoms with van der Waals surface area (Å²) >= 11 is 0. The third-order valence-corrected chi connectivity index (χ3v) is 4.41. The number of benzene rings is 1. The van der Waals surface area contributed by atoms with Gasteiger partial charge < -0.3 is 15.5 Å². The van der Waals surface area contributed by atoms with E-state index in [1.165, 1.54) is 11.3 Å². The summed E-state index contributed by atoms with van der Waals surface area (Å²) in [6.45, 7) is 1.42. The Morgan fingerprint density at radius 1 is 1.07 bits per heavy atom. The van der Waals surface area contributed by atoms with Crippen LogP contribution in [-0.2, 0) is 13.0 Å². The highest BCUT2D eigenvalue weighted by atomic mass is 15.3. The molecule has 0 spiro atoms. The Kier molecular flexibility index (Phi) is 6.25. The van der Waals surface area contributed by atoms with Crippen LogP contribution in [-0.4, -0.2) is 48.2 Å². The van der Waals surface area contributed by atoms with E-state index in [0.717, 1.165) is 36.8 Å². The van der Waals surface area contributed by atoms with Crippen LogP contribution in [0.4, 0.5) is 5.69 Å². The van der Waals surface area contributed by atoms with Crippen LogP contribution in [0.15, 0.2) is 53.7 Å². The molecule has 1 aromatic carbocycles. The summed E-state index contributed by atoms with van der Waals surface area (Å²) < 4.78 is 1.97. The molecule has 0 fully saturated rings. The molecule has 3 aromatic rings. The van der Waals surface area contributed by atoms with Gasteiger partial charge in [-0.15, -0.1) is 10.2 Å². The monoisotopic (exact) mass is 365 g/mol. The van der Waals surface area contributed by atoms with Gasteiger partial charge in [0, 0.05) is 39.6 Å². The molecule has 7 nitrogen and oxygen atoms in total. The number of pyridine rings is 1. The zero-order valence-corrected chi connectivity index (χ0v) is 16.2. The van der Waals surface area contributed by atoms with Gasteiger partial charge in [0.25, 0.3) is 0 Å². The molecule has 0 saturated heterocycles. The number of nitrogens with zero attached hydrogens (tertiary/aromatic N) is 5. The van der Waals surface area contributed by atoms with E-state index in [0.29, 0.717) is 6.54 Å². The maximum atomic E-state index is 4.27. The van der Waals surface area contributed by atoms with E-state index in [1.54, 1.807) is 7.05 Å². The van der Waals surface area contributed by atoms with Crippen LogP contribution in [0.5, 0.6) is 0 Å². The number of guanidine groups is 1. The van der Waals surface area contributed by atoms with Crippen LogP contribution < -0.4 is 15.5 Å². The molecule has 142 valence electrons. The van der Waals surface area contributed by atoms with Gasteiger partial charge in [-0.25, -0.2) is 0 Å². The van der Waals surface area contributed by atoms with Gasteiger partial charge in [-0.3, -0.25) is 9.39 Å². The lowest BCUT2D eigenvalue weighted by molar-refractivity contribution is 0.727. The van der Waals surface area contributed by atoms with Gasteiger partial charge in [0.05, 0.1) is 6.54 Å². The van der Waals surface area contributed by atoms with Crippen LogP contribution in [0.3, 0.4) is 0 Å². The largest absolute Gasteiger partial charge is 0.378 e.